The Morgan fingerprint density at radius 1 is 1.53 bits per heavy atom. The van der Waals surface area contributed by atoms with Crippen LogP contribution in [0.15, 0.2) is 18.2 Å². The first-order valence-electron chi connectivity index (χ1n) is 4.46. The fourth-order valence-electron chi connectivity index (χ4n) is 1.24. The summed E-state index contributed by atoms with van der Waals surface area (Å²) in [7, 11) is 1.30. The Balaban J connectivity index is 3.02. The van der Waals surface area contributed by atoms with Crippen molar-refractivity contribution in [2.45, 2.75) is 12.8 Å². The fraction of sp³-hybridized carbons (Fsp3) is 0.273. The predicted octanol–water partition coefficient (Wildman–Crippen LogP) is 1.48. The van der Waals surface area contributed by atoms with Crippen molar-refractivity contribution in [2.24, 2.45) is 0 Å². The van der Waals surface area contributed by atoms with Crippen molar-refractivity contribution in [1.29, 1.82) is 0 Å². The number of benzene rings is 1. The minimum atomic E-state index is -0.457. The number of carbonyl (C=O) groups is 2. The third kappa shape index (κ3) is 2.34. The molecule has 4 nitrogen and oxygen atoms in total. The molecule has 1 rings (SSSR count). The van der Waals surface area contributed by atoms with Gasteiger partial charge >= 0.3 is 5.97 Å². The summed E-state index contributed by atoms with van der Waals surface area (Å²) in [5.41, 5.74) is 0.820. The maximum Gasteiger partial charge on any atom is 0.312 e. The molecule has 0 aliphatic rings. The second-order valence-corrected chi connectivity index (χ2v) is 3.18. The molecule has 0 spiro atoms. The van der Waals surface area contributed by atoms with Crippen LogP contribution in [0.3, 0.4) is 0 Å². The Bertz CT molecular complexity index is 384. The molecule has 0 fully saturated rings. The largest absolute Gasteiger partial charge is 0.507 e. The average Bonchev–Trinajstić information content (AvgIpc) is 2.26. The number of rotatable bonds is 3. The lowest BCUT2D eigenvalue weighted by Gasteiger charge is -2.10. The van der Waals surface area contributed by atoms with Gasteiger partial charge in [0.2, 0.25) is 0 Å². The first kappa shape index (κ1) is 11.2. The predicted molar refractivity (Wildman–Crippen MR) is 53.9 cm³/mol. The summed E-state index contributed by atoms with van der Waals surface area (Å²) in [6.45, 7) is 1.67. The van der Waals surface area contributed by atoms with Gasteiger partial charge in [-0.1, -0.05) is 6.07 Å². The molecular formula is C11H12O4. The van der Waals surface area contributed by atoms with Crippen LogP contribution in [0.2, 0.25) is 0 Å². The molecule has 1 aromatic rings. The van der Waals surface area contributed by atoms with Gasteiger partial charge in [0.05, 0.1) is 18.6 Å². The second-order valence-electron chi connectivity index (χ2n) is 3.18. The van der Waals surface area contributed by atoms with E-state index in [-0.39, 0.29) is 17.3 Å². The van der Waals surface area contributed by atoms with Gasteiger partial charge in [-0.3, -0.25) is 9.59 Å². The van der Waals surface area contributed by atoms with Gasteiger partial charge in [0, 0.05) is 0 Å². The van der Waals surface area contributed by atoms with E-state index >= 15 is 0 Å². The Hall–Kier alpha value is -1.84. The second kappa shape index (κ2) is 4.59. The number of phenols is 1. The van der Waals surface area contributed by atoms with Crippen molar-refractivity contribution in [3.63, 3.8) is 0 Å². The first-order valence-corrected chi connectivity index (χ1v) is 4.46. The lowest BCUT2D eigenvalue weighted by molar-refractivity contribution is -0.141. The smallest absolute Gasteiger partial charge is 0.312 e. The molecule has 0 bridgehead atoms. The van der Waals surface area contributed by atoms with Crippen LogP contribution in [0.4, 0.5) is 0 Å². The average molecular weight is 208 g/mol. The van der Waals surface area contributed by atoms with Crippen LogP contribution in [-0.2, 0) is 9.53 Å². The number of hydrogen-bond acceptors (Lipinski definition) is 4. The number of ether oxygens (including phenoxy) is 1. The summed E-state index contributed by atoms with van der Waals surface area (Å²) in [6.07, 6.45) is 0.557. The molecule has 80 valence electrons. The number of hydrogen-bond donors (Lipinski definition) is 1. The maximum absolute atomic E-state index is 11.2. The van der Waals surface area contributed by atoms with Crippen LogP contribution in [-0.4, -0.2) is 24.5 Å². The van der Waals surface area contributed by atoms with Crippen molar-refractivity contribution in [1.82, 2.24) is 0 Å². The van der Waals surface area contributed by atoms with E-state index in [1.807, 2.05) is 0 Å². The van der Waals surface area contributed by atoms with Gasteiger partial charge in [0.25, 0.3) is 0 Å². The van der Waals surface area contributed by atoms with E-state index in [0.717, 1.165) is 0 Å². The van der Waals surface area contributed by atoms with E-state index in [1.165, 1.54) is 19.2 Å². The molecule has 0 aliphatic heterocycles. The zero-order valence-electron chi connectivity index (χ0n) is 8.56. The highest BCUT2D eigenvalue weighted by atomic mass is 16.5. The Morgan fingerprint density at radius 3 is 2.67 bits per heavy atom. The summed E-state index contributed by atoms with van der Waals surface area (Å²) >= 11 is 0. The van der Waals surface area contributed by atoms with Crippen molar-refractivity contribution in [3.05, 3.63) is 29.3 Å². The van der Waals surface area contributed by atoms with Gasteiger partial charge in [-0.25, -0.2) is 0 Å². The molecule has 0 aromatic heterocycles. The molecule has 1 atom stereocenters. The Kier molecular flexibility index (Phi) is 3.44. The summed E-state index contributed by atoms with van der Waals surface area (Å²) in [6, 6.07) is 4.48. The molecule has 1 aromatic carbocycles. The van der Waals surface area contributed by atoms with Gasteiger partial charge in [0.1, 0.15) is 5.75 Å². The molecule has 1 N–H and O–H groups in total. The third-order valence-electron chi connectivity index (χ3n) is 2.24. The van der Waals surface area contributed by atoms with E-state index < -0.39 is 5.92 Å². The SMILES string of the molecule is COC(=O)C(C)c1ccc(C=O)c(O)c1. The number of aromatic hydroxyl groups is 1. The highest BCUT2D eigenvalue weighted by Crippen LogP contribution is 2.23. The molecule has 0 saturated carbocycles. The van der Waals surface area contributed by atoms with Crippen molar-refractivity contribution in [2.75, 3.05) is 7.11 Å². The Morgan fingerprint density at radius 2 is 2.20 bits per heavy atom. The van der Waals surface area contributed by atoms with Gasteiger partial charge in [-0.15, -0.1) is 0 Å². The van der Waals surface area contributed by atoms with Crippen molar-refractivity contribution in [3.8, 4) is 5.75 Å². The molecule has 0 aliphatic carbocycles. The summed E-state index contributed by atoms with van der Waals surface area (Å²) in [5.74, 6) is -0.965. The van der Waals surface area contributed by atoms with E-state index in [1.54, 1.807) is 13.0 Å². The number of esters is 1. The number of carbonyl (C=O) groups excluding carboxylic acids is 2. The lowest BCUT2D eigenvalue weighted by atomic mass is 9.99. The van der Waals surface area contributed by atoms with E-state index in [2.05, 4.69) is 4.74 Å². The minimum Gasteiger partial charge on any atom is -0.507 e. The first-order chi connectivity index (χ1) is 7.10. The number of phenolic OH excluding ortho intramolecular Hbond substituents is 1. The fourth-order valence-corrected chi connectivity index (χ4v) is 1.24. The standard InChI is InChI=1S/C11H12O4/c1-7(11(14)15-2)8-3-4-9(6-12)10(13)5-8/h3-7,13H,1-2H3. The van der Waals surface area contributed by atoms with Gasteiger partial charge in [-0.05, 0) is 24.6 Å². The molecular weight excluding hydrogens is 196 g/mol. The summed E-state index contributed by atoms with van der Waals surface area (Å²) in [5, 5.41) is 9.41. The topological polar surface area (TPSA) is 63.6 Å². The minimum absolute atomic E-state index is 0.127. The quantitative estimate of drug-likeness (QED) is 0.603. The monoisotopic (exact) mass is 208 g/mol. The zero-order valence-corrected chi connectivity index (χ0v) is 8.56. The molecule has 0 amide bonds. The Labute approximate surface area is 87.5 Å². The highest BCUT2D eigenvalue weighted by molar-refractivity contribution is 5.81. The molecule has 0 saturated heterocycles. The van der Waals surface area contributed by atoms with Crippen LogP contribution in [0.5, 0.6) is 5.75 Å². The van der Waals surface area contributed by atoms with Gasteiger partial charge in [-0.2, -0.15) is 0 Å². The van der Waals surface area contributed by atoms with E-state index in [4.69, 9.17) is 0 Å². The van der Waals surface area contributed by atoms with Crippen LogP contribution in [0, 0.1) is 0 Å². The third-order valence-corrected chi connectivity index (χ3v) is 2.24. The van der Waals surface area contributed by atoms with E-state index in [0.29, 0.717) is 11.8 Å². The van der Waals surface area contributed by atoms with Gasteiger partial charge in [0.15, 0.2) is 6.29 Å². The van der Waals surface area contributed by atoms with Crippen molar-refractivity contribution >= 4 is 12.3 Å². The molecule has 0 radical (unpaired) electrons. The maximum atomic E-state index is 11.2. The highest BCUT2D eigenvalue weighted by Gasteiger charge is 2.16. The van der Waals surface area contributed by atoms with Crippen molar-refractivity contribution < 1.29 is 19.4 Å². The zero-order chi connectivity index (χ0) is 11.4. The summed E-state index contributed by atoms with van der Waals surface area (Å²) in [4.78, 5) is 21.7. The normalized spacial score (nSPS) is 11.9. The van der Waals surface area contributed by atoms with Crippen LogP contribution >= 0.6 is 0 Å². The van der Waals surface area contributed by atoms with Crippen LogP contribution in [0.25, 0.3) is 0 Å². The number of methoxy groups -OCH3 is 1. The van der Waals surface area contributed by atoms with Crippen LogP contribution in [0.1, 0.15) is 28.8 Å². The number of aldehydes is 1. The lowest BCUT2D eigenvalue weighted by Crippen LogP contribution is -2.10. The molecule has 15 heavy (non-hydrogen) atoms. The molecule has 1 unspecified atom stereocenters. The van der Waals surface area contributed by atoms with Gasteiger partial charge < -0.3 is 9.84 Å². The summed E-state index contributed by atoms with van der Waals surface area (Å²) < 4.78 is 4.57. The van der Waals surface area contributed by atoms with Crippen LogP contribution < -0.4 is 0 Å². The molecule has 4 heteroatoms. The molecule has 0 heterocycles. The van der Waals surface area contributed by atoms with E-state index in [9.17, 15) is 14.7 Å².